The van der Waals surface area contributed by atoms with Gasteiger partial charge in [0.15, 0.2) is 0 Å². The van der Waals surface area contributed by atoms with Crippen LogP contribution in [0.1, 0.15) is 44.2 Å². The molecule has 2 atom stereocenters. The summed E-state index contributed by atoms with van der Waals surface area (Å²) in [6.07, 6.45) is 9.04. The van der Waals surface area contributed by atoms with Crippen LogP contribution in [-0.4, -0.2) is 6.04 Å². The zero-order valence-corrected chi connectivity index (χ0v) is 12.1. The zero-order chi connectivity index (χ0) is 13.0. The Labute approximate surface area is 119 Å². The first-order chi connectivity index (χ1) is 8.70. The predicted molar refractivity (Wildman–Crippen MR) is 79.4 cm³/mol. The van der Waals surface area contributed by atoms with Crippen LogP contribution in [0.15, 0.2) is 30.4 Å². The van der Waals surface area contributed by atoms with E-state index in [-0.39, 0.29) is 0 Å². The first kappa shape index (κ1) is 13.9. The van der Waals surface area contributed by atoms with Gasteiger partial charge in [0, 0.05) is 22.1 Å². The monoisotopic (exact) mass is 283 g/mol. The van der Waals surface area contributed by atoms with Gasteiger partial charge in [-0.05, 0) is 43.4 Å². The van der Waals surface area contributed by atoms with E-state index in [2.05, 4.69) is 24.4 Å². The van der Waals surface area contributed by atoms with Crippen LogP contribution in [-0.2, 0) is 0 Å². The van der Waals surface area contributed by atoms with Crippen molar-refractivity contribution >= 4 is 23.2 Å². The maximum Gasteiger partial charge on any atom is 0.0468 e. The van der Waals surface area contributed by atoms with Crippen LogP contribution in [0.25, 0.3) is 0 Å². The van der Waals surface area contributed by atoms with Crippen LogP contribution >= 0.6 is 23.2 Å². The molecule has 1 aliphatic rings. The van der Waals surface area contributed by atoms with Crippen LogP contribution in [0.3, 0.4) is 0 Å². The van der Waals surface area contributed by atoms with Gasteiger partial charge in [-0.3, -0.25) is 0 Å². The Bertz CT molecular complexity index is 429. The van der Waals surface area contributed by atoms with Crippen molar-refractivity contribution in [3.8, 4) is 0 Å². The molecule has 0 aromatic heterocycles. The lowest BCUT2D eigenvalue weighted by Crippen LogP contribution is -2.33. The average molecular weight is 284 g/mol. The molecule has 0 aliphatic heterocycles. The number of benzene rings is 1. The number of hydrogen-bond acceptors (Lipinski definition) is 1. The number of allylic oxidation sites excluding steroid dienone is 1. The highest BCUT2D eigenvalue weighted by molar-refractivity contribution is 6.35. The summed E-state index contributed by atoms with van der Waals surface area (Å²) in [5.74, 6) is 0. The number of halogens is 2. The van der Waals surface area contributed by atoms with E-state index in [4.69, 9.17) is 23.2 Å². The van der Waals surface area contributed by atoms with E-state index in [1.165, 1.54) is 12.8 Å². The number of rotatable bonds is 4. The summed E-state index contributed by atoms with van der Waals surface area (Å²) in [4.78, 5) is 0. The molecule has 0 saturated carbocycles. The zero-order valence-electron chi connectivity index (χ0n) is 10.6. The van der Waals surface area contributed by atoms with E-state index in [1.807, 2.05) is 18.2 Å². The predicted octanol–water partition coefficient (Wildman–Crippen LogP) is 5.14. The molecule has 2 rings (SSSR count). The normalized spacial score (nSPS) is 20.9. The highest BCUT2D eigenvalue weighted by Crippen LogP contribution is 2.29. The van der Waals surface area contributed by atoms with E-state index in [0.29, 0.717) is 17.1 Å². The molecule has 1 aromatic rings. The molecule has 0 saturated heterocycles. The topological polar surface area (TPSA) is 12.0 Å². The van der Waals surface area contributed by atoms with E-state index >= 15 is 0 Å². The van der Waals surface area contributed by atoms with Crippen molar-refractivity contribution in [2.75, 3.05) is 0 Å². The second kappa shape index (κ2) is 6.60. The third-order valence-corrected chi connectivity index (χ3v) is 4.01. The Kier molecular flexibility index (Phi) is 5.11. The molecule has 0 fully saturated rings. The minimum absolute atomic E-state index is 0.311. The minimum Gasteiger partial charge on any atom is -0.307 e. The summed E-state index contributed by atoms with van der Waals surface area (Å²) in [7, 11) is 0. The van der Waals surface area contributed by atoms with Crippen LogP contribution < -0.4 is 5.32 Å². The molecule has 0 spiro atoms. The lowest BCUT2D eigenvalue weighted by Gasteiger charge is -2.26. The third kappa shape index (κ3) is 3.50. The van der Waals surface area contributed by atoms with Crippen molar-refractivity contribution in [3.05, 3.63) is 46.0 Å². The molecule has 1 nitrogen and oxygen atoms in total. The van der Waals surface area contributed by atoms with Crippen molar-refractivity contribution in [1.82, 2.24) is 5.32 Å². The first-order valence-corrected chi connectivity index (χ1v) is 7.32. The molecular weight excluding hydrogens is 265 g/mol. The molecule has 0 radical (unpaired) electrons. The van der Waals surface area contributed by atoms with Gasteiger partial charge in [-0.2, -0.15) is 0 Å². The van der Waals surface area contributed by atoms with Gasteiger partial charge < -0.3 is 5.32 Å². The molecule has 1 aromatic carbocycles. The average Bonchev–Trinajstić information content (AvgIpc) is 2.38. The van der Waals surface area contributed by atoms with Gasteiger partial charge >= 0.3 is 0 Å². The van der Waals surface area contributed by atoms with Crippen molar-refractivity contribution in [2.45, 2.75) is 44.7 Å². The molecule has 1 aliphatic carbocycles. The van der Waals surface area contributed by atoms with E-state index in [1.54, 1.807) is 0 Å². The fourth-order valence-electron chi connectivity index (χ4n) is 2.44. The molecular formula is C15H19Cl2N. The fraction of sp³-hybridized carbons (Fsp3) is 0.467. The maximum absolute atomic E-state index is 6.28. The molecule has 98 valence electrons. The summed E-state index contributed by atoms with van der Waals surface area (Å²) < 4.78 is 0. The van der Waals surface area contributed by atoms with Crippen molar-refractivity contribution in [1.29, 1.82) is 0 Å². The maximum atomic E-state index is 6.28. The summed E-state index contributed by atoms with van der Waals surface area (Å²) in [5.41, 5.74) is 1.15. The van der Waals surface area contributed by atoms with E-state index in [0.717, 1.165) is 23.4 Å². The van der Waals surface area contributed by atoms with Gasteiger partial charge in [0.1, 0.15) is 0 Å². The fourth-order valence-corrected chi connectivity index (χ4v) is 2.98. The summed E-state index contributed by atoms with van der Waals surface area (Å²) >= 11 is 12.2. The van der Waals surface area contributed by atoms with Crippen molar-refractivity contribution < 1.29 is 0 Å². The highest BCUT2D eigenvalue weighted by Gasteiger charge is 2.18. The molecule has 18 heavy (non-hydrogen) atoms. The molecule has 0 amide bonds. The quantitative estimate of drug-likeness (QED) is 0.754. The molecule has 3 heteroatoms. The Morgan fingerprint density at radius 3 is 2.78 bits per heavy atom. The summed E-state index contributed by atoms with van der Waals surface area (Å²) in [5, 5.41) is 5.15. The Hall–Kier alpha value is -0.500. The van der Waals surface area contributed by atoms with Crippen LogP contribution in [0.4, 0.5) is 0 Å². The molecule has 0 bridgehead atoms. The largest absolute Gasteiger partial charge is 0.307 e. The lowest BCUT2D eigenvalue weighted by molar-refractivity contribution is 0.402. The van der Waals surface area contributed by atoms with Crippen molar-refractivity contribution in [2.24, 2.45) is 0 Å². The molecule has 1 N–H and O–H groups in total. The van der Waals surface area contributed by atoms with Crippen molar-refractivity contribution in [3.63, 3.8) is 0 Å². The van der Waals surface area contributed by atoms with Gasteiger partial charge in [-0.15, -0.1) is 0 Å². The van der Waals surface area contributed by atoms with Gasteiger partial charge in [0.2, 0.25) is 0 Å². The second-order valence-corrected chi connectivity index (χ2v) is 5.62. The summed E-state index contributed by atoms with van der Waals surface area (Å²) in [6.45, 7) is 2.18. The minimum atomic E-state index is 0.311. The molecule has 0 heterocycles. The summed E-state index contributed by atoms with van der Waals surface area (Å²) in [6, 6.07) is 6.64. The van der Waals surface area contributed by atoms with Gasteiger partial charge in [-0.25, -0.2) is 0 Å². The van der Waals surface area contributed by atoms with Gasteiger partial charge in [-0.1, -0.05) is 48.3 Å². The highest BCUT2D eigenvalue weighted by atomic mass is 35.5. The van der Waals surface area contributed by atoms with Gasteiger partial charge in [0.25, 0.3) is 0 Å². The number of hydrogen-bond donors (Lipinski definition) is 1. The standard InChI is InChI=1S/C15H19Cl2N/c1-2-15(18-12-6-4-3-5-7-12)13-9-8-11(16)10-14(13)17/h3-4,8-10,12,15,18H,2,5-7H2,1H3. The van der Waals surface area contributed by atoms with Crippen LogP contribution in [0.2, 0.25) is 10.0 Å². The van der Waals surface area contributed by atoms with E-state index < -0.39 is 0 Å². The van der Waals surface area contributed by atoms with Crippen LogP contribution in [0, 0.1) is 0 Å². The Morgan fingerprint density at radius 1 is 1.33 bits per heavy atom. The van der Waals surface area contributed by atoms with E-state index in [9.17, 15) is 0 Å². The lowest BCUT2D eigenvalue weighted by atomic mass is 9.98. The Morgan fingerprint density at radius 2 is 2.17 bits per heavy atom. The van der Waals surface area contributed by atoms with Gasteiger partial charge in [0.05, 0.1) is 0 Å². The number of nitrogens with one attached hydrogen (secondary N) is 1. The molecule has 2 unspecified atom stereocenters. The van der Waals surface area contributed by atoms with Crippen LogP contribution in [0.5, 0.6) is 0 Å². The second-order valence-electron chi connectivity index (χ2n) is 4.77. The Balaban J connectivity index is 2.09. The smallest absolute Gasteiger partial charge is 0.0468 e. The SMILES string of the molecule is CCC(NC1CC=CCC1)c1ccc(Cl)cc1Cl. The first-order valence-electron chi connectivity index (χ1n) is 6.56. The third-order valence-electron chi connectivity index (χ3n) is 3.45.